The van der Waals surface area contributed by atoms with Crippen LogP contribution in [0.4, 0.5) is 0 Å². The van der Waals surface area contributed by atoms with Crippen molar-refractivity contribution >= 4 is 7.82 Å². The number of hydrogen-bond donors (Lipinski definition) is 2. The zero-order valence-electron chi connectivity index (χ0n) is 11.1. The highest BCUT2D eigenvalue weighted by atomic mass is 31.2. The fourth-order valence-electron chi connectivity index (χ4n) is 2.06. The van der Waals surface area contributed by atoms with Crippen molar-refractivity contribution in [3.05, 3.63) is 28.8 Å². The molecule has 2 N–H and O–H groups in total. The van der Waals surface area contributed by atoms with Gasteiger partial charge in [0.1, 0.15) is 5.75 Å². The molecule has 0 aliphatic rings. The number of rotatable bonds is 6. The van der Waals surface area contributed by atoms with E-state index in [0.717, 1.165) is 42.4 Å². The quantitative estimate of drug-likeness (QED) is 0.779. The molecule has 0 fully saturated rings. The van der Waals surface area contributed by atoms with Gasteiger partial charge < -0.3 is 4.52 Å². The Bertz CT molecular complexity index is 451. The van der Waals surface area contributed by atoms with Gasteiger partial charge in [0.2, 0.25) is 0 Å². The van der Waals surface area contributed by atoms with Crippen LogP contribution in [0.2, 0.25) is 0 Å². The number of phosphoric acid groups is 1. The molecule has 0 radical (unpaired) electrons. The van der Waals surface area contributed by atoms with Gasteiger partial charge in [0.25, 0.3) is 0 Å². The van der Waals surface area contributed by atoms with E-state index in [4.69, 9.17) is 14.3 Å². The maximum atomic E-state index is 11.1. The molecular weight excluding hydrogens is 251 g/mol. The second-order valence-corrected chi connectivity index (χ2v) is 5.59. The van der Waals surface area contributed by atoms with E-state index in [1.54, 1.807) is 6.92 Å². The van der Waals surface area contributed by atoms with Crippen LogP contribution in [0.15, 0.2) is 12.1 Å². The molecule has 4 nitrogen and oxygen atoms in total. The Labute approximate surface area is 108 Å². The lowest BCUT2D eigenvalue weighted by Gasteiger charge is -2.17. The first-order valence-electron chi connectivity index (χ1n) is 6.25. The summed E-state index contributed by atoms with van der Waals surface area (Å²) in [5.74, 6) is 0.358. The molecule has 102 valence electrons. The van der Waals surface area contributed by atoms with Crippen molar-refractivity contribution in [1.82, 2.24) is 0 Å². The first-order valence-corrected chi connectivity index (χ1v) is 7.78. The average Bonchev–Trinajstić information content (AvgIpc) is 2.26. The molecule has 0 saturated carbocycles. The standard InChI is InChI=1S/C13H21O4P/c1-4-6-11-9-8-10(3)13(12(11)7-5-2)17-18(14,15)16/h8-9H,4-7H2,1-3H3,(H2,14,15,16). The van der Waals surface area contributed by atoms with Crippen LogP contribution in [0, 0.1) is 6.92 Å². The van der Waals surface area contributed by atoms with Gasteiger partial charge in [0.15, 0.2) is 0 Å². The van der Waals surface area contributed by atoms with Crippen molar-refractivity contribution in [2.45, 2.75) is 46.5 Å². The van der Waals surface area contributed by atoms with Gasteiger partial charge in [0, 0.05) is 0 Å². The Hall–Kier alpha value is -0.830. The minimum atomic E-state index is -4.50. The van der Waals surface area contributed by atoms with Crippen molar-refractivity contribution in [3.8, 4) is 5.75 Å². The largest absolute Gasteiger partial charge is 0.524 e. The molecule has 0 unspecified atom stereocenters. The number of phosphoric ester groups is 1. The highest BCUT2D eigenvalue weighted by Crippen LogP contribution is 2.42. The lowest BCUT2D eigenvalue weighted by Crippen LogP contribution is -2.02. The first kappa shape index (κ1) is 15.2. The van der Waals surface area contributed by atoms with Crippen LogP contribution < -0.4 is 4.52 Å². The van der Waals surface area contributed by atoms with Crippen LogP contribution in [-0.4, -0.2) is 9.79 Å². The van der Waals surface area contributed by atoms with Gasteiger partial charge in [-0.15, -0.1) is 0 Å². The normalized spacial score (nSPS) is 11.6. The summed E-state index contributed by atoms with van der Waals surface area (Å²) in [6.45, 7) is 5.93. The van der Waals surface area contributed by atoms with Crippen molar-refractivity contribution in [2.75, 3.05) is 0 Å². The molecule has 0 atom stereocenters. The summed E-state index contributed by atoms with van der Waals surface area (Å²) in [6.07, 6.45) is 3.58. The molecule has 0 aliphatic carbocycles. The summed E-state index contributed by atoms with van der Waals surface area (Å²) in [5.41, 5.74) is 2.82. The lowest BCUT2D eigenvalue weighted by molar-refractivity contribution is 0.281. The molecule has 0 bridgehead atoms. The summed E-state index contributed by atoms with van der Waals surface area (Å²) in [7, 11) is -4.50. The predicted molar refractivity (Wildman–Crippen MR) is 71.8 cm³/mol. The zero-order chi connectivity index (χ0) is 13.8. The first-order chi connectivity index (χ1) is 8.39. The maximum Gasteiger partial charge on any atom is 0.524 e. The predicted octanol–water partition coefficient (Wildman–Crippen LogP) is 3.37. The van der Waals surface area contributed by atoms with Gasteiger partial charge in [-0.3, -0.25) is 9.79 Å². The van der Waals surface area contributed by atoms with Crippen molar-refractivity contribution in [3.63, 3.8) is 0 Å². The molecule has 0 aromatic heterocycles. The number of hydrogen-bond acceptors (Lipinski definition) is 2. The van der Waals surface area contributed by atoms with E-state index in [2.05, 4.69) is 6.92 Å². The number of benzene rings is 1. The third-order valence-corrected chi connectivity index (χ3v) is 3.20. The highest BCUT2D eigenvalue weighted by Gasteiger charge is 2.21. The summed E-state index contributed by atoms with van der Waals surface area (Å²) in [4.78, 5) is 18.0. The van der Waals surface area contributed by atoms with Crippen LogP contribution in [0.3, 0.4) is 0 Å². The third kappa shape index (κ3) is 4.13. The molecule has 0 aliphatic heterocycles. The molecule has 1 aromatic carbocycles. The van der Waals surface area contributed by atoms with Crippen LogP contribution in [0.1, 0.15) is 43.4 Å². The minimum Gasteiger partial charge on any atom is -0.404 e. The smallest absolute Gasteiger partial charge is 0.404 e. The zero-order valence-corrected chi connectivity index (χ0v) is 12.0. The monoisotopic (exact) mass is 272 g/mol. The maximum absolute atomic E-state index is 11.1. The number of aryl methyl sites for hydroxylation is 2. The van der Waals surface area contributed by atoms with E-state index in [1.165, 1.54) is 0 Å². The summed E-state index contributed by atoms with van der Waals surface area (Å²) >= 11 is 0. The molecule has 0 amide bonds. The SMILES string of the molecule is CCCc1ccc(C)c(OP(=O)(O)O)c1CCC. The van der Waals surface area contributed by atoms with Gasteiger partial charge in [-0.25, -0.2) is 4.57 Å². The van der Waals surface area contributed by atoms with Crippen LogP contribution in [-0.2, 0) is 17.4 Å². The summed E-state index contributed by atoms with van der Waals surface area (Å²) in [6, 6.07) is 3.88. The Morgan fingerprint density at radius 3 is 2.28 bits per heavy atom. The van der Waals surface area contributed by atoms with Gasteiger partial charge in [0.05, 0.1) is 0 Å². The van der Waals surface area contributed by atoms with Crippen LogP contribution in [0.25, 0.3) is 0 Å². The van der Waals surface area contributed by atoms with Crippen molar-refractivity contribution in [2.24, 2.45) is 0 Å². The van der Waals surface area contributed by atoms with E-state index >= 15 is 0 Å². The molecule has 1 aromatic rings. The topological polar surface area (TPSA) is 66.8 Å². The van der Waals surface area contributed by atoms with E-state index in [1.807, 2.05) is 19.1 Å². The Morgan fingerprint density at radius 2 is 1.78 bits per heavy atom. The molecule has 0 heterocycles. The molecule has 0 saturated heterocycles. The molecule has 18 heavy (non-hydrogen) atoms. The minimum absolute atomic E-state index is 0.358. The van der Waals surface area contributed by atoms with E-state index in [9.17, 15) is 4.57 Å². The van der Waals surface area contributed by atoms with E-state index in [0.29, 0.717) is 5.75 Å². The van der Waals surface area contributed by atoms with Crippen LogP contribution >= 0.6 is 7.82 Å². The van der Waals surface area contributed by atoms with E-state index in [-0.39, 0.29) is 0 Å². The fraction of sp³-hybridized carbons (Fsp3) is 0.538. The molecule has 0 spiro atoms. The molecule has 1 rings (SSSR count). The second kappa shape index (κ2) is 6.37. The van der Waals surface area contributed by atoms with Gasteiger partial charge >= 0.3 is 7.82 Å². The van der Waals surface area contributed by atoms with Gasteiger partial charge in [-0.1, -0.05) is 38.8 Å². The molecule has 5 heteroatoms. The third-order valence-electron chi connectivity index (χ3n) is 2.78. The van der Waals surface area contributed by atoms with Crippen molar-refractivity contribution < 1.29 is 18.9 Å². The van der Waals surface area contributed by atoms with Crippen LogP contribution in [0.5, 0.6) is 5.75 Å². The Balaban J connectivity index is 3.26. The Kier molecular flexibility index (Phi) is 5.39. The average molecular weight is 272 g/mol. The highest BCUT2D eigenvalue weighted by molar-refractivity contribution is 7.46. The van der Waals surface area contributed by atoms with Gasteiger partial charge in [-0.05, 0) is 36.5 Å². The molecular formula is C13H21O4P. The fourth-order valence-corrected chi connectivity index (χ4v) is 2.55. The summed E-state index contributed by atoms with van der Waals surface area (Å²) in [5, 5.41) is 0. The lowest BCUT2D eigenvalue weighted by atomic mass is 9.96. The van der Waals surface area contributed by atoms with Gasteiger partial charge in [-0.2, -0.15) is 0 Å². The summed E-state index contributed by atoms with van der Waals surface area (Å²) < 4.78 is 15.9. The Morgan fingerprint density at radius 1 is 1.17 bits per heavy atom. The second-order valence-electron chi connectivity index (χ2n) is 4.43. The van der Waals surface area contributed by atoms with E-state index < -0.39 is 7.82 Å². The van der Waals surface area contributed by atoms with Crippen molar-refractivity contribution in [1.29, 1.82) is 0 Å².